The van der Waals surface area contributed by atoms with Crippen molar-refractivity contribution in [3.05, 3.63) is 29.3 Å². The lowest BCUT2D eigenvalue weighted by Crippen LogP contribution is -2.60. The Bertz CT molecular complexity index is 588. The second-order valence-electron chi connectivity index (χ2n) is 5.74. The summed E-state index contributed by atoms with van der Waals surface area (Å²) in [6.07, 6.45) is 3.30. The van der Waals surface area contributed by atoms with Crippen LogP contribution in [-0.2, 0) is 4.74 Å². The number of rotatable bonds is 7. The number of hydrogen-bond donors (Lipinski definition) is 1. The number of hydrogen-bond acceptors (Lipinski definition) is 5. The Balaban J connectivity index is 2.39. The van der Waals surface area contributed by atoms with Crippen molar-refractivity contribution in [2.24, 2.45) is 0 Å². The molecule has 0 aromatic heterocycles. The first-order chi connectivity index (χ1) is 11.6. The molecule has 1 saturated heterocycles. The third kappa shape index (κ3) is 3.53. The number of nitrogens with zero attached hydrogens (tertiary/aromatic N) is 1. The summed E-state index contributed by atoms with van der Waals surface area (Å²) in [6, 6.07) is 4.95. The van der Waals surface area contributed by atoms with E-state index < -0.39 is 5.16 Å². The van der Waals surface area contributed by atoms with Crippen LogP contribution in [0.25, 0.3) is 0 Å². The van der Waals surface area contributed by atoms with Crippen LogP contribution in [0.1, 0.15) is 40.0 Å². The summed E-state index contributed by atoms with van der Waals surface area (Å²) in [5.41, 5.74) is 0.521. The van der Waals surface area contributed by atoms with Gasteiger partial charge in [0.05, 0.1) is 32.4 Å². The number of piperidine rings is 1. The average molecular weight is 349 g/mol. The van der Waals surface area contributed by atoms with Gasteiger partial charge in [0.15, 0.2) is 13.1 Å². The van der Waals surface area contributed by atoms with Gasteiger partial charge in [-0.1, -0.05) is 12.6 Å². The Morgan fingerprint density at radius 3 is 2.88 bits per heavy atom. The van der Waals surface area contributed by atoms with E-state index in [1.54, 1.807) is 23.1 Å². The van der Waals surface area contributed by atoms with E-state index in [1.165, 1.54) is 7.11 Å². The third-order valence-corrected chi connectivity index (χ3v) is 6.07. The molecule has 2 rings (SSSR count). The number of carbonyl (C=O) groups is 2. The second kappa shape index (κ2) is 8.41. The standard InChI is InChI=1S/C17H23NO5Si/c1-22-12-23-15-7-5-6-13(14(15)10-19)16(21)18-9-4-3-8-17(18,11-20)24-2/h5-7,10,20H,3-4,8-9,11-12H2,1-2H3/t17-/m0/s1. The number of carbonyl (C=O) groups excluding carboxylic acids is 2. The molecule has 0 aliphatic carbocycles. The zero-order valence-electron chi connectivity index (χ0n) is 14.1. The fourth-order valence-corrected chi connectivity index (χ4v) is 4.15. The summed E-state index contributed by atoms with van der Waals surface area (Å²) in [6.45, 7) is 2.52. The molecule has 130 valence electrons. The highest BCUT2D eigenvalue weighted by atomic mass is 28.2. The zero-order valence-corrected chi connectivity index (χ0v) is 15.1. The van der Waals surface area contributed by atoms with Gasteiger partial charge >= 0.3 is 0 Å². The second-order valence-corrected chi connectivity index (χ2v) is 7.17. The van der Waals surface area contributed by atoms with Gasteiger partial charge in [-0.2, -0.15) is 0 Å². The summed E-state index contributed by atoms with van der Waals surface area (Å²) in [5, 5.41) is 9.38. The van der Waals surface area contributed by atoms with Gasteiger partial charge in [-0.3, -0.25) is 9.59 Å². The summed E-state index contributed by atoms with van der Waals surface area (Å²) < 4.78 is 10.3. The highest BCUT2D eigenvalue weighted by molar-refractivity contribution is 6.39. The molecule has 7 heteroatoms. The predicted octanol–water partition coefficient (Wildman–Crippen LogP) is 1.55. The van der Waals surface area contributed by atoms with E-state index in [0.717, 1.165) is 19.3 Å². The summed E-state index contributed by atoms with van der Waals surface area (Å²) >= 11 is 0. The molecule has 0 unspecified atom stereocenters. The lowest BCUT2D eigenvalue weighted by molar-refractivity contribution is 0.0364. The van der Waals surface area contributed by atoms with Crippen molar-refractivity contribution in [1.82, 2.24) is 4.90 Å². The summed E-state index contributed by atoms with van der Waals surface area (Å²) in [4.78, 5) is 26.4. The molecule has 1 aliphatic heterocycles. The van der Waals surface area contributed by atoms with E-state index in [1.807, 2.05) is 6.55 Å². The zero-order chi connectivity index (χ0) is 17.6. The molecule has 1 fully saturated rings. The van der Waals surface area contributed by atoms with Gasteiger partial charge < -0.3 is 19.5 Å². The highest BCUT2D eigenvalue weighted by Gasteiger charge is 2.40. The molecule has 1 heterocycles. The van der Waals surface area contributed by atoms with Crippen LogP contribution in [-0.4, -0.2) is 63.9 Å². The van der Waals surface area contributed by atoms with Crippen LogP contribution in [0, 0.1) is 0 Å². The molecule has 2 radical (unpaired) electrons. The molecule has 1 atom stereocenters. The van der Waals surface area contributed by atoms with Crippen molar-refractivity contribution in [1.29, 1.82) is 0 Å². The van der Waals surface area contributed by atoms with Gasteiger partial charge in [0.2, 0.25) is 0 Å². The predicted molar refractivity (Wildman–Crippen MR) is 90.7 cm³/mol. The van der Waals surface area contributed by atoms with Gasteiger partial charge in [-0.15, -0.1) is 0 Å². The quantitative estimate of drug-likeness (QED) is 0.459. The van der Waals surface area contributed by atoms with Crippen molar-refractivity contribution in [3.63, 3.8) is 0 Å². The molecule has 0 bridgehead atoms. The van der Waals surface area contributed by atoms with Crippen molar-refractivity contribution < 1.29 is 24.2 Å². The number of likely N-dealkylation sites (tertiary alicyclic amines) is 1. The van der Waals surface area contributed by atoms with Crippen LogP contribution in [0.5, 0.6) is 5.75 Å². The average Bonchev–Trinajstić information content (AvgIpc) is 2.65. The minimum absolute atomic E-state index is 0.000875. The molecular weight excluding hydrogens is 326 g/mol. The lowest BCUT2D eigenvalue weighted by atomic mass is 9.98. The molecule has 0 saturated carbocycles. The van der Waals surface area contributed by atoms with E-state index in [0.29, 0.717) is 33.7 Å². The number of aldehydes is 1. The van der Waals surface area contributed by atoms with Crippen LogP contribution >= 0.6 is 0 Å². The number of aliphatic hydroxyl groups is 1. The van der Waals surface area contributed by atoms with E-state index in [9.17, 15) is 14.7 Å². The van der Waals surface area contributed by atoms with Crippen LogP contribution in [0.3, 0.4) is 0 Å². The van der Waals surface area contributed by atoms with Crippen LogP contribution in [0.15, 0.2) is 18.2 Å². The van der Waals surface area contributed by atoms with Gasteiger partial charge in [-0.05, 0) is 31.4 Å². The smallest absolute Gasteiger partial charge is 0.255 e. The normalized spacial score (nSPS) is 20.7. The van der Waals surface area contributed by atoms with Crippen molar-refractivity contribution in [2.75, 3.05) is 27.1 Å². The maximum atomic E-state index is 13.1. The monoisotopic (exact) mass is 349 g/mol. The Morgan fingerprint density at radius 2 is 2.25 bits per heavy atom. The van der Waals surface area contributed by atoms with E-state index >= 15 is 0 Å². The Morgan fingerprint density at radius 1 is 1.46 bits per heavy atom. The van der Waals surface area contributed by atoms with E-state index in [2.05, 4.69) is 0 Å². The molecule has 0 spiro atoms. The highest BCUT2D eigenvalue weighted by Crippen LogP contribution is 2.31. The number of ether oxygens (including phenoxy) is 2. The molecule has 1 aromatic rings. The number of amides is 1. The van der Waals surface area contributed by atoms with Crippen molar-refractivity contribution in [3.8, 4) is 5.75 Å². The van der Waals surface area contributed by atoms with Crippen molar-refractivity contribution >= 4 is 21.7 Å². The van der Waals surface area contributed by atoms with Gasteiger partial charge in [0, 0.05) is 13.7 Å². The summed E-state index contributed by atoms with van der Waals surface area (Å²) in [5.74, 6) is 0.0892. The largest absolute Gasteiger partial charge is 0.467 e. The minimum Gasteiger partial charge on any atom is -0.467 e. The van der Waals surface area contributed by atoms with Gasteiger partial charge in [-0.25, -0.2) is 0 Å². The number of benzene rings is 1. The van der Waals surface area contributed by atoms with Gasteiger partial charge in [0.1, 0.15) is 5.75 Å². The molecule has 1 amide bonds. The molecule has 1 aliphatic rings. The van der Waals surface area contributed by atoms with Gasteiger partial charge in [0.25, 0.3) is 5.91 Å². The Hall–Kier alpha value is -1.70. The fourth-order valence-electron chi connectivity index (χ4n) is 3.08. The first kappa shape index (κ1) is 18.6. The SMILES string of the molecule is COCOc1cccc(C(=O)N2CCCC[C@@]2(CO)[Si]C)c1C=O. The first-order valence-corrected chi connectivity index (χ1v) is 9.45. The number of methoxy groups -OCH3 is 1. The fraction of sp³-hybridized carbons (Fsp3) is 0.529. The van der Waals surface area contributed by atoms with Crippen LogP contribution < -0.4 is 4.74 Å². The number of aliphatic hydroxyl groups excluding tert-OH is 1. The molecule has 6 nitrogen and oxygen atoms in total. The third-order valence-electron chi connectivity index (χ3n) is 4.46. The maximum Gasteiger partial charge on any atom is 0.255 e. The molecule has 24 heavy (non-hydrogen) atoms. The first-order valence-electron chi connectivity index (χ1n) is 7.95. The van der Waals surface area contributed by atoms with E-state index in [4.69, 9.17) is 9.47 Å². The van der Waals surface area contributed by atoms with Crippen LogP contribution in [0.4, 0.5) is 0 Å². The van der Waals surface area contributed by atoms with Crippen LogP contribution in [0.2, 0.25) is 6.55 Å². The minimum atomic E-state index is -0.529. The van der Waals surface area contributed by atoms with E-state index in [-0.39, 0.29) is 24.9 Å². The Kier molecular flexibility index (Phi) is 6.53. The Labute approximate surface area is 144 Å². The topological polar surface area (TPSA) is 76.1 Å². The lowest BCUT2D eigenvalue weighted by Gasteiger charge is -2.46. The molecule has 1 N–H and O–H groups in total. The molecular formula is C17H23NO5Si. The molecule has 1 aromatic carbocycles. The van der Waals surface area contributed by atoms with Crippen molar-refractivity contribution in [2.45, 2.75) is 31.0 Å². The maximum absolute atomic E-state index is 13.1. The summed E-state index contributed by atoms with van der Waals surface area (Å²) in [7, 11) is 1.89.